The Labute approximate surface area is 167 Å². The van der Waals surface area contributed by atoms with Gasteiger partial charge in [0.1, 0.15) is 0 Å². The third-order valence-electron chi connectivity index (χ3n) is 4.02. The summed E-state index contributed by atoms with van der Waals surface area (Å²) in [4.78, 5) is 11.5. The van der Waals surface area contributed by atoms with Crippen molar-refractivity contribution >= 4 is 32.4 Å². The summed E-state index contributed by atoms with van der Waals surface area (Å²) in [5.74, 6) is -0.255. The largest absolute Gasteiger partial charge is 0.301 e. The molecule has 0 bridgehead atoms. The molecule has 1 heterocycles. The van der Waals surface area contributed by atoms with Gasteiger partial charge in [-0.25, -0.2) is 8.42 Å². The van der Waals surface area contributed by atoms with Crippen LogP contribution in [0, 0.1) is 6.92 Å². The van der Waals surface area contributed by atoms with Crippen LogP contribution in [-0.2, 0) is 14.8 Å². The molecule has 2 aromatic carbocycles. The lowest BCUT2D eigenvalue weighted by atomic mass is 9.99. The fourth-order valence-electron chi connectivity index (χ4n) is 2.52. The van der Waals surface area contributed by atoms with Crippen LogP contribution in [0.3, 0.4) is 0 Å². The van der Waals surface area contributed by atoms with Crippen LogP contribution in [0.4, 0.5) is 5.13 Å². The van der Waals surface area contributed by atoms with Crippen molar-refractivity contribution in [3.05, 3.63) is 71.3 Å². The van der Waals surface area contributed by atoms with Gasteiger partial charge < -0.3 is 5.32 Å². The number of nitrogens with zero attached hydrogens (tertiary/aromatic N) is 2. The second-order valence-corrected chi connectivity index (χ2v) is 9.02. The number of aromatic nitrogens is 2. The highest BCUT2D eigenvalue weighted by Crippen LogP contribution is 2.27. The summed E-state index contributed by atoms with van der Waals surface area (Å²) >= 11 is 0.814. The first-order chi connectivity index (χ1) is 13.4. The predicted octanol–water partition coefficient (Wildman–Crippen LogP) is 3.26. The maximum atomic E-state index is 12.9. The van der Waals surface area contributed by atoms with Gasteiger partial charge in [0.05, 0.1) is 6.04 Å². The molecule has 0 radical (unpaired) electrons. The number of amides is 1. The molecule has 3 aromatic rings. The lowest BCUT2D eigenvalue weighted by Gasteiger charge is -2.19. The highest BCUT2D eigenvalue weighted by molar-refractivity contribution is 7.91. The minimum atomic E-state index is -3.94. The van der Waals surface area contributed by atoms with Crippen molar-refractivity contribution in [2.75, 3.05) is 5.32 Å². The van der Waals surface area contributed by atoms with Crippen molar-refractivity contribution in [1.82, 2.24) is 14.9 Å². The Kier molecular flexibility index (Phi) is 6.18. The molecule has 7 nitrogen and oxygen atoms in total. The van der Waals surface area contributed by atoms with Crippen molar-refractivity contribution < 1.29 is 13.2 Å². The van der Waals surface area contributed by atoms with Gasteiger partial charge in [-0.1, -0.05) is 78.4 Å². The molecule has 3 rings (SSSR count). The molecule has 1 aromatic heterocycles. The van der Waals surface area contributed by atoms with Crippen LogP contribution in [-0.4, -0.2) is 24.5 Å². The van der Waals surface area contributed by atoms with Crippen LogP contribution in [0.25, 0.3) is 0 Å². The summed E-state index contributed by atoms with van der Waals surface area (Å²) < 4.78 is 28.3. The Bertz CT molecular complexity index is 1050. The predicted molar refractivity (Wildman–Crippen MR) is 109 cm³/mol. The quantitative estimate of drug-likeness (QED) is 0.576. The standard InChI is InChI=1S/C19H20N4O3S2/c1-3-16(24)20-18-21-22-19(27-18)28(25,26)23-17(14-7-5-4-6-8-14)15-11-9-13(2)10-12-15/h4-12,17,23H,3H2,1-2H3,(H,20,21,24)/t17-/m0/s1. The van der Waals surface area contributed by atoms with Gasteiger partial charge in [-0.05, 0) is 18.1 Å². The normalized spacial score (nSPS) is 12.5. The molecule has 0 unspecified atom stereocenters. The number of carbonyl (C=O) groups is 1. The summed E-state index contributed by atoms with van der Waals surface area (Å²) in [5, 5.41) is 10.2. The van der Waals surface area contributed by atoms with Gasteiger partial charge in [0, 0.05) is 6.42 Å². The number of carbonyl (C=O) groups excluding carboxylic acids is 1. The average Bonchev–Trinajstić information content (AvgIpc) is 3.17. The van der Waals surface area contributed by atoms with Gasteiger partial charge in [0.25, 0.3) is 10.0 Å². The van der Waals surface area contributed by atoms with Crippen molar-refractivity contribution in [2.45, 2.75) is 30.6 Å². The van der Waals surface area contributed by atoms with Crippen LogP contribution < -0.4 is 10.0 Å². The number of sulfonamides is 1. The summed E-state index contributed by atoms with van der Waals surface area (Å²) in [6.45, 7) is 3.67. The molecule has 146 valence electrons. The molecular weight excluding hydrogens is 396 g/mol. The van der Waals surface area contributed by atoms with E-state index in [4.69, 9.17) is 0 Å². The monoisotopic (exact) mass is 416 g/mol. The first-order valence-corrected chi connectivity index (χ1v) is 11.0. The summed E-state index contributed by atoms with van der Waals surface area (Å²) in [5.41, 5.74) is 2.70. The smallest absolute Gasteiger partial charge is 0.270 e. The number of hydrogen-bond donors (Lipinski definition) is 2. The van der Waals surface area contributed by atoms with Crippen molar-refractivity contribution in [1.29, 1.82) is 0 Å². The number of rotatable bonds is 7. The van der Waals surface area contributed by atoms with Gasteiger partial charge in [-0.2, -0.15) is 4.72 Å². The Morgan fingerprint density at radius 3 is 2.32 bits per heavy atom. The van der Waals surface area contributed by atoms with E-state index < -0.39 is 16.1 Å². The summed E-state index contributed by atoms with van der Waals surface area (Å²) in [6, 6.07) is 16.4. The molecule has 0 aliphatic carbocycles. The van der Waals surface area contributed by atoms with Crippen LogP contribution in [0.15, 0.2) is 58.9 Å². The van der Waals surface area contributed by atoms with Gasteiger partial charge in [0.2, 0.25) is 15.4 Å². The summed E-state index contributed by atoms with van der Waals surface area (Å²) in [6.07, 6.45) is 0.267. The van der Waals surface area contributed by atoms with Gasteiger partial charge in [0.15, 0.2) is 0 Å². The van der Waals surface area contributed by atoms with Crippen molar-refractivity contribution in [3.8, 4) is 0 Å². The molecule has 2 N–H and O–H groups in total. The average molecular weight is 417 g/mol. The topological polar surface area (TPSA) is 101 Å². The fourth-order valence-corrected chi connectivity index (χ4v) is 4.66. The lowest BCUT2D eigenvalue weighted by Crippen LogP contribution is -2.29. The highest BCUT2D eigenvalue weighted by atomic mass is 32.2. The minimum Gasteiger partial charge on any atom is -0.301 e. The maximum absolute atomic E-state index is 12.9. The van der Waals surface area contributed by atoms with Gasteiger partial charge in [-0.15, -0.1) is 10.2 Å². The van der Waals surface area contributed by atoms with E-state index in [1.165, 1.54) is 0 Å². The van der Waals surface area contributed by atoms with E-state index in [1.807, 2.05) is 61.5 Å². The van der Waals surface area contributed by atoms with Crippen molar-refractivity contribution in [2.24, 2.45) is 0 Å². The molecule has 0 saturated carbocycles. The Morgan fingerprint density at radius 1 is 1.04 bits per heavy atom. The lowest BCUT2D eigenvalue weighted by molar-refractivity contribution is -0.115. The molecule has 9 heteroatoms. The molecule has 0 aliphatic rings. The van der Waals surface area contributed by atoms with Crippen LogP contribution in [0.5, 0.6) is 0 Å². The second-order valence-electron chi connectivity index (χ2n) is 6.15. The second kappa shape index (κ2) is 8.59. The Balaban J connectivity index is 1.91. The van der Waals surface area contributed by atoms with E-state index in [2.05, 4.69) is 20.2 Å². The first-order valence-electron chi connectivity index (χ1n) is 8.66. The summed E-state index contributed by atoms with van der Waals surface area (Å²) in [7, 11) is -3.94. The van der Waals surface area contributed by atoms with E-state index in [0.717, 1.165) is 28.0 Å². The van der Waals surface area contributed by atoms with E-state index in [9.17, 15) is 13.2 Å². The minimum absolute atomic E-state index is 0.152. The van der Waals surface area contributed by atoms with E-state index in [0.29, 0.717) is 0 Å². The molecular formula is C19H20N4O3S2. The molecule has 28 heavy (non-hydrogen) atoms. The zero-order valence-corrected chi connectivity index (χ0v) is 17.0. The van der Waals surface area contributed by atoms with E-state index >= 15 is 0 Å². The molecule has 0 spiro atoms. The zero-order chi connectivity index (χ0) is 20.1. The zero-order valence-electron chi connectivity index (χ0n) is 15.4. The van der Waals surface area contributed by atoms with E-state index in [-0.39, 0.29) is 21.8 Å². The Morgan fingerprint density at radius 2 is 1.68 bits per heavy atom. The number of benzene rings is 2. The molecule has 1 atom stereocenters. The number of nitrogens with one attached hydrogen (secondary N) is 2. The van der Waals surface area contributed by atoms with Crippen LogP contribution in [0.2, 0.25) is 0 Å². The number of anilines is 1. The third kappa shape index (κ3) is 4.80. The molecule has 0 aliphatic heterocycles. The molecule has 0 fully saturated rings. The Hall–Kier alpha value is -2.62. The van der Waals surface area contributed by atoms with Crippen molar-refractivity contribution in [3.63, 3.8) is 0 Å². The van der Waals surface area contributed by atoms with E-state index in [1.54, 1.807) is 6.92 Å². The first kappa shape index (κ1) is 20.1. The van der Waals surface area contributed by atoms with Crippen LogP contribution >= 0.6 is 11.3 Å². The van der Waals surface area contributed by atoms with Crippen LogP contribution in [0.1, 0.15) is 36.1 Å². The number of hydrogen-bond acceptors (Lipinski definition) is 6. The number of aryl methyl sites for hydroxylation is 1. The molecule has 0 saturated heterocycles. The highest BCUT2D eigenvalue weighted by Gasteiger charge is 2.26. The fraction of sp³-hybridized carbons (Fsp3) is 0.211. The van der Waals surface area contributed by atoms with Gasteiger partial charge in [-0.3, -0.25) is 4.79 Å². The maximum Gasteiger partial charge on any atom is 0.270 e. The SMILES string of the molecule is CCC(=O)Nc1nnc(S(=O)(=O)N[C@@H](c2ccccc2)c2ccc(C)cc2)s1. The molecule has 1 amide bonds. The van der Waals surface area contributed by atoms with Gasteiger partial charge >= 0.3 is 0 Å². The third-order valence-corrected chi connectivity index (χ3v) is 6.65.